The highest BCUT2D eigenvalue weighted by atomic mass is 32.1. The maximum atomic E-state index is 12.4. The van der Waals surface area contributed by atoms with E-state index in [0.29, 0.717) is 0 Å². The normalized spacial score (nSPS) is 11.1. The molecule has 0 aliphatic rings. The van der Waals surface area contributed by atoms with Crippen molar-refractivity contribution in [3.8, 4) is 0 Å². The van der Waals surface area contributed by atoms with Crippen LogP contribution in [0.5, 0.6) is 0 Å². The van der Waals surface area contributed by atoms with Crippen molar-refractivity contribution < 1.29 is 8.78 Å². The Balaban J connectivity index is 2.29. The highest BCUT2D eigenvalue weighted by Crippen LogP contribution is 2.12. The number of nitrogens with zero attached hydrogens (tertiary/aromatic N) is 3. The Kier molecular flexibility index (Phi) is 2.63. The van der Waals surface area contributed by atoms with Gasteiger partial charge in [0.05, 0.1) is 6.54 Å². The van der Waals surface area contributed by atoms with Gasteiger partial charge < -0.3 is 0 Å². The van der Waals surface area contributed by atoms with Gasteiger partial charge in [0.1, 0.15) is 5.82 Å². The van der Waals surface area contributed by atoms with Crippen LogP contribution < -0.4 is 4.87 Å². The van der Waals surface area contributed by atoms with Crippen LogP contribution in [0.25, 0.3) is 0 Å². The fourth-order valence-electron chi connectivity index (χ4n) is 1.20. The Hall–Kier alpha value is -1.50. The minimum Gasteiger partial charge on any atom is -0.298 e. The van der Waals surface area contributed by atoms with Crippen molar-refractivity contribution in [2.75, 3.05) is 0 Å². The molecule has 7 heteroatoms. The molecule has 0 N–H and O–H groups in total. The third-order valence-electron chi connectivity index (χ3n) is 1.92. The highest BCUT2D eigenvalue weighted by Gasteiger charge is 2.11. The molecule has 0 atom stereocenters. The van der Waals surface area contributed by atoms with Gasteiger partial charge in [-0.25, -0.2) is 4.98 Å². The van der Waals surface area contributed by atoms with E-state index in [0.717, 1.165) is 15.9 Å². The number of halogens is 2. The molecule has 0 saturated heterocycles. The van der Waals surface area contributed by atoms with Gasteiger partial charge in [-0.2, -0.15) is 8.78 Å². The van der Waals surface area contributed by atoms with Gasteiger partial charge in [0.25, 0.3) is 0 Å². The molecule has 2 aromatic heterocycles. The van der Waals surface area contributed by atoms with Crippen LogP contribution in [-0.2, 0) is 6.54 Å². The van der Waals surface area contributed by atoms with Crippen molar-refractivity contribution in [3.63, 3.8) is 0 Å². The summed E-state index contributed by atoms with van der Waals surface area (Å²) in [7, 11) is 0. The largest absolute Gasteiger partial charge is 0.319 e. The van der Waals surface area contributed by atoms with Crippen molar-refractivity contribution in [1.82, 2.24) is 14.1 Å². The Morgan fingerprint density at radius 2 is 2.27 bits per heavy atom. The lowest BCUT2D eigenvalue weighted by Crippen LogP contribution is -2.16. The number of hydrogen-bond donors (Lipinski definition) is 0. The molecule has 2 heterocycles. The summed E-state index contributed by atoms with van der Waals surface area (Å²) in [6.07, 6.45) is 4.04. The van der Waals surface area contributed by atoms with E-state index in [1.54, 1.807) is 11.6 Å². The molecule has 4 nitrogen and oxygen atoms in total. The van der Waals surface area contributed by atoms with Crippen LogP contribution in [0.15, 0.2) is 28.8 Å². The molecule has 2 aromatic rings. The first-order chi connectivity index (χ1) is 7.18. The fourth-order valence-corrected chi connectivity index (χ4v) is 1.79. The van der Waals surface area contributed by atoms with Crippen LogP contribution >= 0.6 is 11.3 Å². The first-order valence-corrected chi connectivity index (χ1v) is 5.00. The van der Waals surface area contributed by atoms with Crippen molar-refractivity contribution in [1.29, 1.82) is 0 Å². The summed E-state index contributed by atoms with van der Waals surface area (Å²) in [5.74, 6) is 0.172. The lowest BCUT2D eigenvalue weighted by atomic mass is 10.5. The topological polar surface area (TPSA) is 39.8 Å². The number of thiazole rings is 1. The molecule has 0 amide bonds. The summed E-state index contributed by atoms with van der Waals surface area (Å²) in [6.45, 7) is -2.56. The van der Waals surface area contributed by atoms with Gasteiger partial charge in [-0.15, -0.1) is 0 Å². The number of imidazole rings is 1. The Labute approximate surface area is 87.4 Å². The predicted molar refractivity (Wildman–Crippen MR) is 51.2 cm³/mol. The van der Waals surface area contributed by atoms with Gasteiger partial charge in [-0.05, 0) is 0 Å². The summed E-state index contributed by atoms with van der Waals surface area (Å²) in [5.41, 5.74) is 0. The Morgan fingerprint density at radius 1 is 1.47 bits per heavy atom. The lowest BCUT2D eigenvalue weighted by molar-refractivity contribution is 0.0667. The molecule has 0 aliphatic heterocycles. The van der Waals surface area contributed by atoms with Crippen LogP contribution in [0.3, 0.4) is 0 Å². The monoisotopic (exact) mass is 231 g/mol. The molecule has 2 rings (SSSR count). The predicted octanol–water partition coefficient (Wildman–Crippen LogP) is 1.55. The number of alkyl halides is 2. The van der Waals surface area contributed by atoms with Gasteiger partial charge in [0, 0.05) is 24.0 Å². The SMILES string of the molecule is O=c1sccn1Cc1nccn1C(F)F. The first-order valence-electron chi connectivity index (χ1n) is 4.12. The number of aromatic nitrogens is 3. The molecule has 15 heavy (non-hydrogen) atoms. The summed E-state index contributed by atoms with van der Waals surface area (Å²) in [4.78, 5) is 14.8. The highest BCUT2D eigenvalue weighted by molar-refractivity contribution is 7.07. The zero-order valence-electron chi connectivity index (χ0n) is 7.51. The second-order valence-corrected chi connectivity index (χ2v) is 3.68. The van der Waals surface area contributed by atoms with Crippen LogP contribution in [0.2, 0.25) is 0 Å². The first kappa shape index (κ1) is 10.0. The van der Waals surface area contributed by atoms with Crippen LogP contribution in [0.1, 0.15) is 12.4 Å². The molecular weight excluding hydrogens is 224 g/mol. The number of hydrogen-bond acceptors (Lipinski definition) is 3. The third-order valence-corrected chi connectivity index (χ3v) is 2.61. The van der Waals surface area contributed by atoms with Crippen LogP contribution in [-0.4, -0.2) is 14.1 Å². The zero-order chi connectivity index (χ0) is 10.8. The van der Waals surface area contributed by atoms with E-state index in [9.17, 15) is 13.6 Å². The summed E-state index contributed by atoms with van der Waals surface area (Å²) < 4.78 is 26.9. The van der Waals surface area contributed by atoms with Gasteiger partial charge in [0.2, 0.25) is 0 Å². The van der Waals surface area contributed by atoms with Gasteiger partial charge in [0.15, 0.2) is 0 Å². The average molecular weight is 231 g/mol. The molecule has 0 aromatic carbocycles. The maximum Gasteiger partial charge on any atom is 0.319 e. The van der Waals surface area contributed by atoms with E-state index < -0.39 is 6.55 Å². The summed E-state index contributed by atoms with van der Waals surface area (Å²) in [6, 6.07) is 0. The molecular formula is C8H7F2N3OS. The van der Waals surface area contributed by atoms with E-state index in [2.05, 4.69) is 4.98 Å². The molecule has 0 bridgehead atoms. The standard InChI is InChI=1S/C8H7F2N3OS/c9-7(10)13-2-1-11-6(13)5-12-3-4-15-8(12)14/h1-4,7H,5H2. The van der Waals surface area contributed by atoms with Crippen molar-refractivity contribution >= 4 is 11.3 Å². The average Bonchev–Trinajstić information content (AvgIpc) is 2.77. The fraction of sp³-hybridized carbons (Fsp3) is 0.250. The van der Waals surface area contributed by atoms with Crippen LogP contribution in [0.4, 0.5) is 8.78 Å². The van der Waals surface area contributed by atoms with Crippen molar-refractivity contribution in [3.05, 3.63) is 39.5 Å². The lowest BCUT2D eigenvalue weighted by Gasteiger charge is -2.05. The molecule has 0 fully saturated rings. The molecule has 0 saturated carbocycles. The van der Waals surface area contributed by atoms with E-state index in [1.165, 1.54) is 17.0 Å². The van der Waals surface area contributed by atoms with Gasteiger partial charge >= 0.3 is 11.4 Å². The minimum absolute atomic E-state index is 0.0691. The van der Waals surface area contributed by atoms with E-state index in [-0.39, 0.29) is 17.2 Å². The Morgan fingerprint density at radius 3 is 2.87 bits per heavy atom. The molecule has 0 spiro atoms. The number of rotatable bonds is 3. The third kappa shape index (κ3) is 1.96. The van der Waals surface area contributed by atoms with E-state index in [4.69, 9.17) is 0 Å². The van der Waals surface area contributed by atoms with E-state index >= 15 is 0 Å². The molecule has 80 valence electrons. The van der Waals surface area contributed by atoms with Gasteiger partial charge in [-0.1, -0.05) is 11.3 Å². The summed E-state index contributed by atoms with van der Waals surface area (Å²) in [5, 5.41) is 1.61. The smallest absolute Gasteiger partial charge is 0.298 e. The molecule has 0 aliphatic carbocycles. The van der Waals surface area contributed by atoms with Crippen LogP contribution in [0, 0.1) is 0 Å². The van der Waals surface area contributed by atoms with E-state index in [1.807, 2.05) is 0 Å². The Bertz CT molecular complexity index is 502. The summed E-state index contributed by atoms with van der Waals surface area (Å²) >= 11 is 1.02. The van der Waals surface area contributed by atoms with Crippen molar-refractivity contribution in [2.45, 2.75) is 13.1 Å². The van der Waals surface area contributed by atoms with Gasteiger partial charge in [-0.3, -0.25) is 13.9 Å². The zero-order valence-corrected chi connectivity index (χ0v) is 8.32. The van der Waals surface area contributed by atoms with Crippen molar-refractivity contribution in [2.24, 2.45) is 0 Å². The second kappa shape index (κ2) is 3.93. The minimum atomic E-state index is -2.63. The molecule has 0 unspecified atom stereocenters. The maximum absolute atomic E-state index is 12.4. The quantitative estimate of drug-likeness (QED) is 0.804. The molecule has 0 radical (unpaired) electrons. The second-order valence-electron chi connectivity index (χ2n) is 2.83.